The van der Waals surface area contributed by atoms with E-state index in [4.69, 9.17) is 4.74 Å². The number of nitrogens with one attached hydrogen (secondary N) is 1. The van der Waals surface area contributed by atoms with Crippen molar-refractivity contribution in [1.82, 2.24) is 10.2 Å². The average molecular weight is 251 g/mol. The Balaban J connectivity index is 2.39. The molecule has 0 amide bonds. The predicted molar refractivity (Wildman–Crippen MR) is 67.8 cm³/mol. The van der Waals surface area contributed by atoms with E-state index in [2.05, 4.69) is 10.2 Å². The number of benzene rings is 1. The highest BCUT2D eigenvalue weighted by Crippen LogP contribution is 2.36. The number of rotatable bonds is 4. The first-order valence-electron chi connectivity index (χ1n) is 5.76. The number of fused-ring (bicyclic) bond motifs is 1. The van der Waals surface area contributed by atoms with Crippen LogP contribution in [0.3, 0.4) is 0 Å². The Labute approximate surface area is 106 Å². The van der Waals surface area contributed by atoms with Crippen molar-refractivity contribution >= 4 is 5.69 Å². The molecule has 1 aromatic carbocycles. The van der Waals surface area contributed by atoms with Crippen molar-refractivity contribution in [3.05, 3.63) is 33.4 Å². The second-order valence-electron chi connectivity index (χ2n) is 4.68. The van der Waals surface area contributed by atoms with Crippen LogP contribution in [-0.4, -0.2) is 37.6 Å². The molecule has 1 atom stereocenters. The lowest BCUT2D eigenvalue weighted by Crippen LogP contribution is -2.26. The van der Waals surface area contributed by atoms with Crippen LogP contribution in [0.25, 0.3) is 0 Å². The first-order chi connectivity index (χ1) is 8.52. The van der Waals surface area contributed by atoms with Crippen molar-refractivity contribution in [2.45, 2.75) is 12.6 Å². The molecule has 0 aromatic heterocycles. The van der Waals surface area contributed by atoms with E-state index < -0.39 is 4.92 Å². The lowest BCUT2D eigenvalue weighted by atomic mass is 10.0. The van der Waals surface area contributed by atoms with Gasteiger partial charge in [0.1, 0.15) is 0 Å². The maximum Gasteiger partial charge on any atom is 0.311 e. The van der Waals surface area contributed by atoms with E-state index in [-0.39, 0.29) is 11.7 Å². The second-order valence-corrected chi connectivity index (χ2v) is 4.68. The summed E-state index contributed by atoms with van der Waals surface area (Å²) in [5.41, 5.74) is 2.10. The summed E-state index contributed by atoms with van der Waals surface area (Å²) < 4.78 is 5.10. The molecule has 0 saturated carbocycles. The van der Waals surface area contributed by atoms with Crippen LogP contribution in [0, 0.1) is 10.1 Å². The van der Waals surface area contributed by atoms with Gasteiger partial charge in [-0.3, -0.25) is 10.1 Å². The van der Waals surface area contributed by atoms with Crippen LogP contribution < -0.4 is 10.1 Å². The SMILES string of the molecule is COc1cc2c(cc1[N+](=O)[O-])CNC2CN(C)C. The Bertz CT molecular complexity index is 474. The highest BCUT2D eigenvalue weighted by Gasteiger charge is 2.27. The maximum atomic E-state index is 10.9. The van der Waals surface area contributed by atoms with E-state index >= 15 is 0 Å². The van der Waals surface area contributed by atoms with Crippen molar-refractivity contribution in [3.8, 4) is 5.75 Å². The van der Waals surface area contributed by atoms with Crippen LogP contribution in [0.2, 0.25) is 0 Å². The van der Waals surface area contributed by atoms with Gasteiger partial charge in [-0.1, -0.05) is 0 Å². The highest BCUT2D eigenvalue weighted by molar-refractivity contribution is 5.54. The smallest absolute Gasteiger partial charge is 0.311 e. The number of likely N-dealkylation sites (N-methyl/N-ethyl adjacent to an activating group) is 1. The third kappa shape index (κ3) is 2.30. The molecule has 2 rings (SSSR count). The van der Waals surface area contributed by atoms with Gasteiger partial charge in [-0.15, -0.1) is 0 Å². The van der Waals surface area contributed by atoms with Gasteiger partial charge < -0.3 is 15.0 Å². The summed E-state index contributed by atoms with van der Waals surface area (Å²) >= 11 is 0. The third-order valence-electron chi connectivity index (χ3n) is 3.10. The van der Waals surface area contributed by atoms with Gasteiger partial charge in [-0.05, 0) is 31.3 Å². The van der Waals surface area contributed by atoms with E-state index in [1.54, 1.807) is 12.1 Å². The zero-order valence-corrected chi connectivity index (χ0v) is 10.8. The quantitative estimate of drug-likeness (QED) is 0.645. The largest absolute Gasteiger partial charge is 0.490 e. The summed E-state index contributed by atoms with van der Waals surface area (Å²) in [7, 11) is 5.46. The molecular weight excluding hydrogens is 234 g/mol. The molecule has 1 N–H and O–H groups in total. The number of methoxy groups -OCH3 is 1. The molecule has 0 spiro atoms. The van der Waals surface area contributed by atoms with Gasteiger partial charge in [0.05, 0.1) is 12.0 Å². The fourth-order valence-electron chi connectivity index (χ4n) is 2.28. The standard InChI is InChI=1S/C12H17N3O3/c1-14(2)7-10-9-5-12(18-3)11(15(16)17)4-8(9)6-13-10/h4-5,10,13H,6-7H2,1-3H3. The first kappa shape index (κ1) is 12.8. The molecule has 0 bridgehead atoms. The van der Waals surface area contributed by atoms with Gasteiger partial charge in [0, 0.05) is 25.2 Å². The van der Waals surface area contributed by atoms with Crippen molar-refractivity contribution in [1.29, 1.82) is 0 Å². The number of nitro benzene ring substituents is 1. The van der Waals surface area contributed by atoms with E-state index in [1.807, 2.05) is 14.1 Å². The van der Waals surface area contributed by atoms with Gasteiger partial charge in [0.25, 0.3) is 0 Å². The minimum atomic E-state index is -0.404. The molecule has 0 aliphatic carbocycles. The van der Waals surface area contributed by atoms with Crippen LogP contribution in [0.15, 0.2) is 12.1 Å². The first-order valence-corrected chi connectivity index (χ1v) is 5.76. The van der Waals surface area contributed by atoms with Crippen LogP contribution in [0.4, 0.5) is 5.69 Å². The van der Waals surface area contributed by atoms with E-state index in [1.165, 1.54) is 7.11 Å². The molecule has 1 aliphatic rings. The zero-order valence-electron chi connectivity index (χ0n) is 10.8. The number of nitro groups is 1. The number of ether oxygens (including phenoxy) is 1. The molecular formula is C12H17N3O3. The predicted octanol–water partition coefficient (Wildman–Crippen LogP) is 1.31. The molecule has 1 unspecified atom stereocenters. The summed E-state index contributed by atoms with van der Waals surface area (Å²) in [4.78, 5) is 12.6. The molecule has 1 aliphatic heterocycles. The van der Waals surface area contributed by atoms with Crippen LogP contribution >= 0.6 is 0 Å². The Morgan fingerprint density at radius 1 is 1.56 bits per heavy atom. The Morgan fingerprint density at radius 2 is 2.28 bits per heavy atom. The molecule has 6 heteroatoms. The summed E-state index contributed by atoms with van der Waals surface area (Å²) in [5, 5.41) is 14.3. The highest BCUT2D eigenvalue weighted by atomic mass is 16.6. The van der Waals surface area contributed by atoms with Crippen molar-refractivity contribution in [2.75, 3.05) is 27.7 Å². The number of hydrogen-bond donors (Lipinski definition) is 1. The minimum absolute atomic E-state index is 0.0311. The molecule has 0 saturated heterocycles. The molecule has 98 valence electrons. The zero-order chi connectivity index (χ0) is 13.3. The minimum Gasteiger partial charge on any atom is -0.490 e. The van der Waals surface area contributed by atoms with E-state index in [0.29, 0.717) is 12.3 Å². The van der Waals surface area contributed by atoms with Crippen LogP contribution in [-0.2, 0) is 6.54 Å². The molecule has 1 aromatic rings. The number of hydrogen-bond acceptors (Lipinski definition) is 5. The molecule has 0 radical (unpaired) electrons. The molecule has 0 fully saturated rings. The topological polar surface area (TPSA) is 67.6 Å². The fraction of sp³-hybridized carbons (Fsp3) is 0.500. The van der Waals surface area contributed by atoms with Gasteiger partial charge in [-0.2, -0.15) is 0 Å². The molecule has 6 nitrogen and oxygen atoms in total. The monoisotopic (exact) mass is 251 g/mol. The van der Waals surface area contributed by atoms with Gasteiger partial charge in [0.2, 0.25) is 0 Å². The summed E-state index contributed by atoms with van der Waals surface area (Å²) in [6.45, 7) is 1.52. The average Bonchev–Trinajstić information content (AvgIpc) is 2.69. The van der Waals surface area contributed by atoms with Gasteiger partial charge in [-0.25, -0.2) is 0 Å². The summed E-state index contributed by atoms with van der Waals surface area (Å²) in [5.74, 6) is 0.325. The lowest BCUT2D eigenvalue weighted by molar-refractivity contribution is -0.385. The van der Waals surface area contributed by atoms with E-state index in [0.717, 1.165) is 17.7 Å². The Kier molecular flexibility index (Phi) is 3.49. The number of nitrogens with zero attached hydrogens (tertiary/aromatic N) is 2. The fourth-order valence-corrected chi connectivity index (χ4v) is 2.28. The van der Waals surface area contributed by atoms with Crippen molar-refractivity contribution in [2.24, 2.45) is 0 Å². The van der Waals surface area contributed by atoms with Gasteiger partial charge in [0.15, 0.2) is 5.75 Å². The Morgan fingerprint density at radius 3 is 2.83 bits per heavy atom. The van der Waals surface area contributed by atoms with E-state index in [9.17, 15) is 10.1 Å². The Hall–Kier alpha value is -1.66. The molecule has 1 heterocycles. The van der Waals surface area contributed by atoms with Crippen LogP contribution in [0.5, 0.6) is 5.75 Å². The molecule has 18 heavy (non-hydrogen) atoms. The normalized spacial score (nSPS) is 17.9. The maximum absolute atomic E-state index is 10.9. The van der Waals surface area contributed by atoms with Crippen molar-refractivity contribution < 1.29 is 9.66 Å². The second kappa shape index (κ2) is 4.91. The van der Waals surface area contributed by atoms with Crippen LogP contribution in [0.1, 0.15) is 17.2 Å². The van der Waals surface area contributed by atoms with Crippen molar-refractivity contribution in [3.63, 3.8) is 0 Å². The lowest BCUT2D eigenvalue weighted by Gasteiger charge is -2.17. The van der Waals surface area contributed by atoms with Gasteiger partial charge >= 0.3 is 5.69 Å². The summed E-state index contributed by atoms with van der Waals surface area (Å²) in [6.07, 6.45) is 0. The third-order valence-corrected chi connectivity index (χ3v) is 3.10. The summed E-state index contributed by atoms with van der Waals surface area (Å²) in [6, 6.07) is 3.59.